The molecule has 17 heavy (non-hydrogen) atoms. The quantitative estimate of drug-likeness (QED) is 0.422. The molecular weight excluding hydrogens is 220 g/mol. The number of carbonyl (C=O) groups excluding carboxylic acids is 1. The highest BCUT2D eigenvalue weighted by Crippen LogP contribution is 2.08. The third-order valence-electron chi connectivity index (χ3n) is 1.96. The van der Waals surface area contributed by atoms with Crippen LogP contribution in [0.25, 0.3) is 0 Å². The van der Waals surface area contributed by atoms with Crippen LogP contribution in [0.4, 0.5) is 5.69 Å². The largest absolute Gasteiger partial charge is 0.324 e. The zero-order chi connectivity index (χ0) is 12.7. The van der Waals surface area contributed by atoms with Crippen LogP contribution in [0.1, 0.15) is 10.5 Å². The molecule has 0 aliphatic heterocycles. The molecule has 0 fully saturated rings. The van der Waals surface area contributed by atoms with E-state index in [0.29, 0.717) is 5.69 Å². The molecule has 1 heterocycles. The fraction of sp³-hybridized carbons (Fsp3) is 0.200. The number of rotatable bonds is 4. The summed E-state index contributed by atoms with van der Waals surface area (Å²) < 4.78 is 0. The lowest BCUT2D eigenvalue weighted by Crippen LogP contribution is -2.32. The van der Waals surface area contributed by atoms with Gasteiger partial charge in [-0.1, -0.05) is 0 Å². The summed E-state index contributed by atoms with van der Waals surface area (Å²) in [7, 11) is 0. The Morgan fingerprint density at radius 3 is 2.65 bits per heavy atom. The normalized spacial score (nSPS) is 8.88. The van der Waals surface area contributed by atoms with E-state index in [1.807, 2.05) is 12.1 Å². The van der Waals surface area contributed by atoms with Gasteiger partial charge in [0.25, 0.3) is 5.91 Å². The van der Waals surface area contributed by atoms with Crippen LogP contribution >= 0.6 is 0 Å². The van der Waals surface area contributed by atoms with Gasteiger partial charge in [-0.2, -0.15) is 10.5 Å². The van der Waals surface area contributed by atoms with Crippen LogP contribution in [0.5, 0.6) is 0 Å². The van der Waals surface area contributed by atoms with E-state index in [4.69, 9.17) is 16.4 Å². The summed E-state index contributed by atoms with van der Waals surface area (Å²) >= 11 is 0. The van der Waals surface area contributed by atoms with Crippen molar-refractivity contribution < 1.29 is 4.79 Å². The van der Waals surface area contributed by atoms with Crippen molar-refractivity contribution in [2.75, 3.05) is 18.5 Å². The Kier molecular flexibility index (Phi) is 4.43. The van der Waals surface area contributed by atoms with Gasteiger partial charge in [0.1, 0.15) is 18.8 Å². The summed E-state index contributed by atoms with van der Waals surface area (Å²) in [4.78, 5) is 16.9. The monoisotopic (exact) mass is 230 g/mol. The van der Waals surface area contributed by atoms with Crippen molar-refractivity contribution in [2.24, 2.45) is 5.84 Å². The molecule has 3 N–H and O–H groups in total. The molecule has 1 amide bonds. The third kappa shape index (κ3) is 3.16. The van der Waals surface area contributed by atoms with E-state index in [2.05, 4.69) is 10.4 Å². The Hall–Kier alpha value is -2.64. The van der Waals surface area contributed by atoms with Gasteiger partial charge in [-0.05, 0) is 12.1 Å². The van der Waals surface area contributed by atoms with Crippen LogP contribution in [0, 0.1) is 22.7 Å². The molecule has 0 saturated carbocycles. The van der Waals surface area contributed by atoms with Crippen molar-refractivity contribution in [1.29, 1.82) is 10.5 Å². The molecule has 0 atom stereocenters. The first-order valence-corrected chi connectivity index (χ1v) is 4.68. The van der Waals surface area contributed by atoms with E-state index >= 15 is 0 Å². The summed E-state index contributed by atoms with van der Waals surface area (Å²) in [6.07, 6.45) is 1.42. The maximum atomic E-state index is 11.9. The number of hydrogen-bond donors (Lipinski definition) is 2. The second-order valence-corrected chi connectivity index (χ2v) is 3.05. The Bertz CT molecular complexity index is 470. The maximum Gasteiger partial charge on any atom is 0.274 e. The van der Waals surface area contributed by atoms with Crippen molar-refractivity contribution in [2.45, 2.75) is 0 Å². The number of hydrazine groups is 1. The van der Waals surface area contributed by atoms with Crippen molar-refractivity contribution >= 4 is 11.6 Å². The lowest BCUT2D eigenvalue weighted by Gasteiger charge is -2.15. The van der Waals surface area contributed by atoms with Crippen LogP contribution in [-0.2, 0) is 0 Å². The molecule has 0 spiro atoms. The van der Waals surface area contributed by atoms with E-state index in [-0.39, 0.29) is 18.8 Å². The molecule has 0 aromatic carbocycles. The SMILES string of the molecule is N#CCN(CC#N)C(=O)c1cc(NN)ccn1. The number of nitriles is 2. The molecule has 7 nitrogen and oxygen atoms in total. The standard InChI is InChI=1S/C10H10N6O/c11-2-5-16(6-3-12)10(17)9-7-8(15-13)1-4-14-9/h1,4,7H,5-6,13H2,(H,14,15). The Balaban J connectivity index is 2.93. The second kappa shape index (κ2) is 6.05. The fourth-order valence-corrected chi connectivity index (χ4v) is 1.17. The number of nitrogen functional groups attached to an aromatic ring is 1. The number of nitrogens with one attached hydrogen (secondary N) is 1. The molecule has 1 aromatic heterocycles. The first-order chi connectivity index (χ1) is 8.22. The Morgan fingerprint density at radius 1 is 1.47 bits per heavy atom. The van der Waals surface area contributed by atoms with E-state index < -0.39 is 5.91 Å². The number of anilines is 1. The lowest BCUT2D eigenvalue weighted by atomic mass is 10.3. The fourth-order valence-electron chi connectivity index (χ4n) is 1.17. The topological polar surface area (TPSA) is 119 Å². The van der Waals surface area contributed by atoms with E-state index in [1.54, 1.807) is 6.07 Å². The van der Waals surface area contributed by atoms with Gasteiger partial charge in [-0.3, -0.25) is 15.6 Å². The number of nitrogens with two attached hydrogens (primary N) is 1. The number of amides is 1. The average Bonchev–Trinajstić information content (AvgIpc) is 2.38. The molecule has 0 aliphatic rings. The van der Waals surface area contributed by atoms with Gasteiger partial charge in [0, 0.05) is 6.20 Å². The van der Waals surface area contributed by atoms with Gasteiger partial charge in [0.15, 0.2) is 0 Å². The molecule has 1 rings (SSSR count). The van der Waals surface area contributed by atoms with Gasteiger partial charge in [-0.15, -0.1) is 0 Å². The molecule has 0 bridgehead atoms. The highest BCUT2D eigenvalue weighted by atomic mass is 16.2. The number of carbonyl (C=O) groups is 1. The van der Waals surface area contributed by atoms with E-state index in [0.717, 1.165) is 4.90 Å². The van der Waals surface area contributed by atoms with Gasteiger partial charge in [0.05, 0.1) is 17.8 Å². The molecule has 7 heteroatoms. The van der Waals surface area contributed by atoms with Crippen LogP contribution in [-0.4, -0.2) is 28.9 Å². The van der Waals surface area contributed by atoms with Crippen LogP contribution in [0.3, 0.4) is 0 Å². The maximum absolute atomic E-state index is 11.9. The van der Waals surface area contributed by atoms with Gasteiger partial charge < -0.3 is 10.3 Å². The predicted molar refractivity (Wildman–Crippen MR) is 59.2 cm³/mol. The first kappa shape index (κ1) is 12.4. The molecule has 0 saturated heterocycles. The molecule has 0 unspecified atom stereocenters. The first-order valence-electron chi connectivity index (χ1n) is 4.68. The number of nitrogens with zero attached hydrogens (tertiary/aromatic N) is 4. The van der Waals surface area contributed by atoms with E-state index in [1.165, 1.54) is 12.3 Å². The number of pyridine rings is 1. The van der Waals surface area contributed by atoms with Gasteiger partial charge in [-0.25, -0.2) is 0 Å². The van der Waals surface area contributed by atoms with Crippen molar-refractivity contribution in [3.63, 3.8) is 0 Å². The van der Waals surface area contributed by atoms with Crippen molar-refractivity contribution in [3.05, 3.63) is 24.0 Å². The highest BCUT2D eigenvalue weighted by molar-refractivity contribution is 5.93. The summed E-state index contributed by atoms with van der Waals surface area (Å²) in [6.45, 7) is -0.317. The zero-order valence-corrected chi connectivity index (χ0v) is 8.92. The summed E-state index contributed by atoms with van der Waals surface area (Å²) in [6, 6.07) is 6.68. The second-order valence-electron chi connectivity index (χ2n) is 3.05. The van der Waals surface area contributed by atoms with Crippen molar-refractivity contribution in [1.82, 2.24) is 9.88 Å². The van der Waals surface area contributed by atoms with Crippen LogP contribution in [0.2, 0.25) is 0 Å². The smallest absolute Gasteiger partial charge is 0.274 e. The summed E-state index contributed by atoms with van der Waals surface area (Å²) in [5.41, 5.74) is 3.04. The molecule has 1 aromatic rings. The third-order valence-corrected chi connectivity index (χ3v) is 1.96. The highest BCUT2D eigenvalue weighted by Gasteiger charge is 2.16. The lowest BCUT2D eigenvalue weighted by molar-refractivity contribution is 0.0789. The average molecular weight is 230 g/mol. The minimum absolute atomic E-state index is 0.131. The van der Waals surface area contributed by atoms with Gasteiger partial charge >= 0.3 is 0 Å². The summed E-state index contributed by atoms with van der Waals surface area (Å²) in [5.74, 6) is 4.72. The van der Waals surface area contributed by atoms with Crippen molar-refractivity contribution in [3.8, 4) is 12.1 Å². The van der Waals surface area contributed by atoms with Crippen LogP contribution in [0.15, 0.2) is 18.3 Å². The molecule has 0 aliphatic carbocycles. The summed E-state index contributed by atoms with van der Waals surface area (Å²) in [5, 5.41) is 17.1. The predicted octanol–water partition coefficient (Wildman–Crippen LogP) is -0.143. The minimum Gasteiger partial charge on any atom is -0.324 e. The Morgan fingerprint density at radius 2 is 2.12 bits per heavy atom. The van der Waals surface area contributed by atoms with E-state index in [9.17, 15) is 4.79 Å². The molecule has 0 radical (unpaired) electrons. The minimum atomic E-state index is -0.481. The zero-order valence-electron chi connectivity index (χ0n) is 8.92. The molecular formula is C10H10N6O. The molecule has 86 valence electrons. The Labute approximate surface area is 98.0 Å². The number of hydrogen-bond acceptors (Lipinski definition) is 6. The van der Waals surface area contributed by atoms with Gasteiger partial charge in [0.2, 0.25) is 0 Å². The number of aromatic nitrogens is 1. The van der Waals surface area contributed by atoms with Crippen LogP contribution < -0.4 is 11.3 Å².